The number of urea groups is 1. The maximum atomic E-state index is 12.4. The number of hydrogen-bond acceptors (Lipinski definition) is 3. The van der Waals surface area contributed by atoms with Crippen LogP contribution in [0.5, 0.6) is 5.75 Å². The monoisotopic (exact) mass is 331 g/mol. The number of amides is 2. The molecule has 0 aliphatic carbocycles. The Kier molecular flexibility index (Phi) is 5.61. The van der Waals surface area contributed by atoms with E-state index in [4.69, 9.17) is 4.74 Å². The minimum absolute atomic E-state index is 0.107. The second-order valence-electron chi connectivity index (χ2n) is 7.14. The van der Waals surface area contributed by atoms with Gasteiger partial charge in [0, 0.05) is 31.6 Å². The predicted molar refractivity (Wildman–Crippen MR) is 95.4 cm³/mol. The molecule has 24 heavy (non-hydrogen) atoms. The number of ether oxygens (including phenoxy) is 1. The summed E-state index contributed by atoms with van der Waals surface area (Å²) in [6.45, 7) is 4.69. The lowest BCUT2D eigenvalue weighted by Crippen LogP contribution is -2.50. The number of piperidine rings is 1. The molecule has 0 aromatic heterocycles. The molecule has 2 aliphatic rings. The van der Waals surface area contributed by atoms with Crippen molar-refractivity contribution >= 4 is 6.03 Å². The second-order valence-corrected chi connectivity index (χ2v) is 7.14. The van der Waals surface area contributed by atoms with Crippen molar-refractivity contribution in [3.8, 4) is 5.75 Å². The maximum absolute atomic E-state index is 12.4. The number of carbonyl (C=O) groups excluding carboxylic acids is 1. The molecule has 0 bridgehead atoms. The number of likely N-dealkylation sites (tertiary alicyclic amines) is 1. The topological polar surface area (TPSA) is 53.6 Å². The normalized spacial score (nSPS) is 23.5. The van der Waals surface area contributed by atoms with Gasteiger partial charge in [-0.1, -0.05) is 12.1 Å². The van der Waals surface area contributed by atoms with Crippen LogP contribution in [0, 0.1) is 5.41 Å². The highest BCUT2D eigenvalue weighted by atomic mass is 16.5. The summed E-state index contributed by atoms with van der Waals surface area (Å²) in [6.07, 6.45) is 5.51. The Hall–Kier alpha value is -1.75. The van der Waals surface area contributed by atoms with Crippen LogP contribution in [-0.4, -0.2) is 50.8 Å². The van der Waals surface area contributed by atoms with Gasteiger partial charge in [0.25, 0.3) is 0 Å². The summed E-state index contributed by atoms with van der Waals surface area (Å²) in [4.78, 5) is 14.4. The Morgan fingerprint density at radius 1 is 1.33 bits per heavy atom. The smallest absolute Gasteiger partial charge is 0.317 e. The van der Waals surface area contributed by atoms with Gasteiger partial charge in [0.1, 0.15) is 5.75 Å². The molecule has 1 spiro atoms. The van der Waals surface area contributed by atoms with Crippen molar-refractivity contribution in [2.24, 2.45) is 5.41 Å². The van der Waals surface area contributed by atoms with E-state index in [-0.39, 0.29) is 6.03 Å². The molecule has 2 saturated heterocycles. The van der Waals surface area contributed by atoms with Crippen molar-refractivity contribution in [3.63, 3.8) is 0 Å². The van der Waals surface area contributed by atoms with Crippen LogP contribution in [0.15, 0.2) is 24.3 Å². The van der Waals surface area contributed by atoms with Crippen molar-refractivity contribution in [2.75, 3.05) is 39.8 Å². The van der Waals surface area contributed by atoms with E-state index < -0.39 is 0 Å². The number of rotatable bonds is 5. The zero-order valence-corrected chi connectivity index (χ0v) is 14.6. The SMILES string of the molecule is COc1ccc(CCCNC(=O)N2CCC[C@@]3(CCNC3)C2)cc1. The molecule has 5 heteroatoms. The molecule has 2 amide bonds. The molecule has 2 heterocycles. The Morgan fingerprint density at radius 2 is 2.17 bits per heavy atom. The molecule has 0 unspecified atom stereocenters. The lowest BCUT2D eigenvalue weighted by atomic mass is 9.79. The van der Waals surface area contributed by atoms with Gasteiger partial charge in [0.05, 0.1) is 7.11 Å². The van der Waals surface area contributed by atoms with E-state index >= 15 is 0 Å². The summed E-state index contributed by atoms with van der Waals surface area (Å²) in [5.74, 6) is 0.882. The first-order valence-corrected chi connectivity index (χ1v) is 9.07. The fourth-order valence-corrected chi connectivity index (χ4v) is 3.92. The van der Waals surface area contributed by atoms with Crippen molar-refractivity contribution in [1.29, 1.82) is 0 Å². The molecule has 3 rings (SSSR count). The third kappa shape index (κ3) is 4.20. The van der Waals surface area contributed by atoms with E-state index in [0.29, 0.717) is 5.41 Å². The first-order valence-electron chi connectivity index (χ1n) is 9.07. The van der Waals surface area contributed by atoms with E-state index in [1.165, 1.54) is 18.4 Å². The summed E-state index contributed by atoms with van der Waals surface area (Å²) >= 11 is 0. The fraction of sp³-hybridized carbons (Fsp3) is 0.632. The minimum atomic E-state index is 0.107. The van der Waals surface area contributed by atoms with Gasteiger partial charge < -0.3 is 20.3 Å². The summed E-state index contributed by atoms with van der Waals surface area (Å²) in [7, 11) is 1.68. The first kappa shape index (κ1) is 17.1. The van der Waals surface area contributed by atoms with Crippen LogP contribution in [0.2, 0.25) is 0 Å². The number of methoxy groups -OCH3 is 1. The summed E-state index contributed by atoms with van der Waals surface area (Å²) < 4.78 is 5.17. The number of aryl methyl sites for hydroxylation is 1. The lowest BCUT2D eigenvalue weighted by molar-refractivity contribution is 0.118. The average Bonchev–Trinajstić information content (AvgIpc) is 3.06. The number of nitrogens with zero attached hydrogens (tertiary/aromatic N) is 1. The average molecular weight is 331 g/mol. The zero-order valence-electron chi connectivity index (χ0n) is 14.6. The molecule has 132 valence electrons. The van der Waals surface area contributed by atoms with Crippen LogP contribution < -0.4 is 15.4 Å². The minimum Gasteiger partial charge on any atom is -0.497 e. The molecule has 1 atom stereocenters. The summed E-state index contributed by atoms with van der Waals surface area (Å²) in [5, 5.41) is 6.55. The third-order valence-corrected chi connectivity index (χ3v) is 5.36. The first-order chi connectivity index (χ1) is 11.7. The van der Waals surface area contributed by atoms with Crippen LogP contribution in [0.25, 0.3) is 0 Å². The van der Waals surface area contributed by atoms with Gasteiger partial charge >= 0.3 is 6.03 Å². The highest BCUT2D eigenvalue weighted by Gasteiger charge is 2.39. The lowest BCUT2D eigenvalue weighted by Gasteiger charge is -2.39. The molecule has 2 fully saturated rings. The highest BCUT2D eigenvalue weighted by Crippen LogP contribution is 2.35. The molecule has 0 radical (unpaired) electrons. The van der Waals surface area contributed by atoms with Crippen LogP contribution in [-0.2, 0) is 6.42 Å². The van der Waals surface area contributed by atoms with Crippen molar-refractivity contribution in [1.82, 2.24) is 15.5 Å². The molecule has 1 aromatic carbocycles. The van der Waals surface area contributed by atoms with Crippen molar-refractivity contribution < 1.29 is 9.53 Å². The van der Waals surface area contributed by atoms with E-state index in [2.05, 4.69) is 22.8 Å². The molecule has 5 nitrogen and oxygen atoms in total. The van der Waals surface area contributed by atoms with Gasteiger partial charge in [0.2, 0.25) is 0 Å². The van der Waals surface area contributed by atoms with Crippen LogP contribution in [0.4, 0.5) is 4.79 Å². The number of hydrogen-bond donors (Lipinski definition) is 2. The Bertz CT molecular complexity index is 538. The van der Waals surface area contributed by atoms with Crippen LogP contribution in [0.3, 0.4) is 0 Å². The third-order valence-electron chi connectivity index (χ3n) is 5.36. The second kappa shape index (κ2) is 7.88. The van der Waals surface area contributed by atoms with Gasteiger partial charge in [-0.25, -0.2) is 4.79 Å². The molecular formula is C19H29N3O2. The number of nitrogens with one attached hydrogen (secondary N) is 2. The quantitative estimate of drug-likeness (QED) is 0.815. The highest BCUT2D eigenvalue weighted by molar-refractivity contribution is 5.74. The number of carbonyl (C=O) groups is 1. The van der Waals surface area contributed by atoms with Gasteiger partial charge in [-0.2, -0.15) is 0 Å². The van der Waals surface area contributed by atoms with E-state index in [0.717, 1.165) is 57.7 Å². The molecule has 1 aromatic rings. The van der Waals surface area contributed by atoms with Crippen molar-refractivity contribution in [2.45, 2.75) is 32.1 Å². The summed E-state index contributed by atoms with van der Waals surface area (Å²) in [5.41, 5.74) is 1.61. The van der Waals surface area contributed by atoms with E-state index in [1.54, 1.807) is 7.11 Å². The van der Waals surface area contributed by atoms with Gasteiger partial charge in [-0.05, 0) is 56.3 Å². The standard InChI is InChI=1S/C19H29N3O2/c1-24-17-7-5-16(6-8-17)4-2-11-21-18(23)22-13-3-9-19(15-22)10-12-20-14-19/h5-8,20H,2-4,9-15H2,1H3,(H,21,23)/t19-/m0/s1. The van der Waals surface area contributed by atoms with E-state index in [1.807, 2.05) is 17.0 Å². The van der Waals surface area contributed by atoms with Crippen LogP contribution in [0.1, 0.15) is 31.2 Å². The van der Waals surface area contributed by atoms with Gasteiger partial charge in [-0.3, -0.25) is 0 Å². The van der Waals surface area contributed by atoms with Crippen LogP contribution >= 0.6 is 0 Å². The van der Waals surface area contributed by atoms with E-state index in [9.17, 15) is 4.79 Å². The zero-order chi connectivity index (χ0) is 16.8. The Labute approximate surface area is 144 Å². The van der Waals surface area contributed by atoms with Crippen molar-refractivity contribution in [3.05, 3.63) is 29.8 Å². The summed E-state index contributed by atoms with van der Waals surface area (Å²) in [6, 6.07) is 8.24. The predicted octanol–water partition coefficient (Wildman–Crippen LogP) is 2.41. The molecular weight excluding hydrogens is 302 g/mol. The van der Waals surface area contributed by atoms with Gasteiger partial charge in [-0.15, -0.1) is 0 Å². The number of benzene rings is 1. The largest absolute Gasteiger partial charge is 0.497 e. The van der Waals surface area contributed by atoms with Gasteiger partial charge in [0.15, 0.2) is 0 Å². The maximum Gasteiger partial charge on any atom is 0.317 e. The fourth-order valence-electron chi connectivity index (χ4n) is 3.92. The Morgan fingerprint density at radius 3 is 2.88 bits per heavy atom. The molecule has 2 aliphatic heterocycles. The Balaban J connectivity index is 1.39. The molecule has 0 saturated carbocycles. The molecule has 2 N–H and O–H groups in total.